The van der Waals surface area contributed by atoms with Crippen molar-refractivity contribution in [2.45, 2.75) is 44.1 Å². The molecule has 1 fully saturated rings. The third-order valence-electron chi connectivity index (χ3n) is 4.69. The van der Waals surface area contributed by atoms with E-state index in [-0.39, 0.29) is 5.41 Å². The van der Waals surface area contributed by atoms with Crippen LogP contribution in [0.1, 0.15) is 43.2 Å². The van der Waals surface area contributed by atoms with Gasteiger partial charge in [-0.1, -0.05) is 43.5 Å². The summed E-state index contributed by atoms with van der Waals surface area (Å²) in [6.07, 6.45) is 7.28. The summed E-state index contributed by atoms with van der Waals surface area (Å²) >= 11 is 0. The summed E-state index contributed by atoms with van der Waals surface area (Å²) < 4.78 is 25.6. The van der Waals surface area contributed by atoms with Gasteiger partial charge in [0.05, 0.1) is 6.26 Å². The second-order valence-corrected chi connectivity index (χ2v) is 8.01. The lowest BCUT2D eigenvalue weighted by Gasteiger charge is -2.45. The van der Waals surface area contributed by atoms with Gasteiger partial charge in [0.15, 0.2) is 0 Å². The Kier molecular flexibility index (Phi) is 3.18. The first-order chi connectivity index (χ1) is 9.01. The zero-order valence-electron chi connectivity index (χ0n) is 11.4. The van der Waals surface area contributed by atoms with Crippen LogP contribution in [0.2, 0.25) is 0 Å². The van der Waals surface area contributed by atoms with Crippen LogP contribution in [0, 0.1) is 0 Å². The smallest absolute Gasteiger partial charge is 0.211 e. The van der Waals surface area contributed by atoms with Crippen molar-refractivity contribution in [2.24, 2.45) is 0 Å². The van der Waals surface area contributed by atoms with Gasteiger partial charge in [-0.2, -0.15) is 4.31 Å². The molecule has 1 spiro atoms. The lowest BCUT2D eigenvalue weighted by atomic mass is 9.66. The maximum atomic E-state index is 11.9. The fourth-order valence-corrected chi connectivity index (χ4v) is 4.59. The van der Waals surface area contributed by atoms with Crippen LogP contribution in [0.3, 0.4) is 0 Å². The fraction of sp³-hybridized carbons (Fsp3) is 0.600. The van der Waals surface area contributed by atoms with Gasteiger partial charge in [0, 0.05) is 18.5 Å². The van der Waals surface area contributed by atoms with Crippen molar-refractivity contribution < 1.29 is 8.42 Å². The first kappa shape index (κ1) is 13.1. The molecular weight excluding hydrogens is 258 g/mol. The highest BCUT2D eigenvalue weighted by Gasteiger charge is 2.42. The van der Waals surface area contributed by atoms with E-state index in [1.807, 2.05) is 6.07 Å². The number of hydrogen-bond donors (Lipinski definition) is 0. The highest BCUT2D eigenvalue weighted by atomic mass is 32.2. The number of hydrogen-bond acceptors (Lipinski definition) is 2. The molecular formula is C15H21NO2S. The van der Waals surface area contributed by atoms with Crippen molar-refractivity contribution in [2.75, 3.05) is 12.8 Å². The minimum Gasteiger partial charge on any atom is -0.212 e. The molecule has 3 nitrogen and oxygen atoms in total. The van der Waals surface area contributed by atoms with Gasteiger partial charge in [0.2, 0.25) is 10.0 Å². The Balaban J connectivity index is 2.08. The van der Waals surface area contributed by atoms with Crippen LogP contribution >= 0.6 is 0 Å². The Hall–Kier alpha value is -0.870. The number of nitrogens with zero attached hydrogens (tertiary/aromatic N) is 1. The van der Waals surface area contributed by atoms with E-state index in [9.17, 15) is 8.42 Å². The van der Waals surface area contributed by atoms with E-state index >= 15 is 0 Å². The summed E-state index contributed by atoms with van der Waals surface area (Å²) in [4.78, 5) is 0. The molecule has 0 bridgehead atoms. The molecule has 0 unspecified atom stereocenters. The van der Waals surface area contributed by atoms with Crippen LogP contribution in [0.5, 0.6) is 0 Å². The van der Waals surface area contributed by atoms with Gasteiger partial charge in [-0.25, -0.2) is 8.42 Å². The SMILES string of the molecule is CS(=O)(=O)N1Cc2ccccc2C2(CCCCC2)C1. The standard InChI is InChI=1S/C15H21NO2S/c1-19(17,18)16-11-13-7-3-4-8-14(13)15(12-16)9-5-2-6-10-15/h3-4,7-8H,2,5-6,9-12H2,1H3. The molecule has 1 aromatic carbocycles. The molecule has 1 saturated carbocycles. The van der Waals surface area contributed by atoms with E-state index in [1.54, 1.807) is 4.31 Å². The lowest BCUT2D eigenvalue weighted by Crippen LogP contribution is -2.48. The van der Waals surface area contributed by atoms with Gasteiger partial charge in [0.1, 0.15) is 0 Å². The van der Waals surface area contributed by atoms with Crippen molar-refractivity contribution in [3.63, 3.8) is 0 Å². The number of rotatable bonds is 1. The average molecular weight is 279 g/mol. The Bertz CT molecular complexity index is 574. The molecule has 3 rings (SSSR count). The summed E-state index contributed by atoms with van der Waals surface area (Å²) in [6, 6.07) is 8.40. The van der Waals surface area contributed by atoms with E-state index in [0.717, 1.165) is 12.8 Å². The maximum Gasteiger partial charge on any atom is 0.211 e. The summed E-state index contributed by atoms with van der Waals surface area (Å²) in [5, 5.41) is 0. The van der Waals surface area contributed by atoms with E-state index in [0.29, 0.717) is 13.1 Å². The third kappa shape index (κ3) is 2.32. The first-order valence-corrected chi connectivity index (χ1v) is 8.90. The van der Waals surface area contributed by atoms with Gasteiger partial charge >= 0.3 is 0 Å². The summed E-state index contributed by atoms with van der Waals surface area (Å²) in [5.74, 6) is 0. The predicted octanol–water partition coefficient (Wildman–Crippen LogP) is 2.66. The zero-order chi connectivity index (χ0) is 13.5. The van der Waals surface area contributed by atoms with Gasteiger partial charge in [0.25, 0.3) is 0 Å². The summed E-state index contributed by atoms with van der Waals surface area (Å²) in [5.41, 5.74) is 2.66. The highest BCUT2D eigenvalue weighted by Crippen LogP contribution is 2.44. The van der Waals surface area contributed by atoms with Gasteiger partial charge < -0.3 is 0 Å². The molecule has 1 aromatic rings. The van der Waals surface area contributed by atoms with E-state index in [4.69, 9.17) is 0 Å². The summed E-state index contributed by atoms with van der Waals surface area (Å²) in [7, 11) is -3.11. The molecule has 4 heteroatoms. The molecule has 2 aliphatic rings. The molecule has 1 heterocycles. The minimum absolute atomic E-state index is 0.0656. The van der Waals surface area contributed by atoms with Crippen molar-refractivity contribution >= 4 is 10.0 Å². The fourth-order valence-electron chi connectivity index (χ4n) is 3.73. The number of sulfonamides is 1. The Morgan fingerprint density at radius 3 is 2.47 bits per heavy atom. The van der Waals surface area contributed by atoms with Gasteiger partial charge in [-0.05, 0) is 24.0 Å². The quantitative estimate of drug-likeness (QED) is 0.792. The van der Waals surface area contributed by atoms with Gasteiger partial charge in [-0.15, -0.1) is 0 Å². The third-order valence-corrected chi connectivity index (χ3v) is 5.89. The topological polar surface area (TPSA) is 37.4 Å². The molecule has 0 aromatic heterocycles. The van der Waals surface area contributed by atoms with Crippen molar-refractivity contribution in [3.8, 4) is 0 Å². The number of fused-ring (bicyclic) bond motifs is 2. The second-order valence-electron chi connectivity index (χ2n) is 6.03. The molecule has 0 amide bonds. The van der Waals surface area contributed by atoms with E-state index in [1.165, 1.54) is 36.6 Å². The van der Waals surface area contributed by atoms with Crippen LogP contribution in [-0.4, -0.2) is 25.5 Å². The largest absolute Gasteiger partial charge is 0.212 e. The minimum atomic E-state index is -3.11. The molecule has 0 N–H and O–H groups in total. The Labute approximate surface area is 115 Å². The molecule has 19 heavy (non-hydrogen) atoms. The number of benzene rings is 1. The van der Waals surface area contributed by atoms with Crippen LogP contribution in [0.4, 0.5) is 0 Å². The van der Waals surface area contributed by atoms with Gasteiger partial charge in [-0.3, -0.25) is 0 Å². The van der Waals surface area contributed by atoms with Crippen LogP contribution < -0.4 is 0 Å². The molecule has 1 aliphatic carbocycles. The van der Waals surface area contributed by atoms with Crippen molar-refractivity contribution in [1.29, 1.82) is 0 Å². The van der Waals surface area contributed by atoms with Crippen LogP contribution in [0.25, 0.3) is 0 Å². The second kappa shape index (κ2) is 4.60. The van der Waals surface area contributed by atoms with E-state index < -0.39 is 10.0 Å². The molecule has 0 radical (unpaired) electrons. The molecule has 0 atom stereocenters. The Morgan fingerprint density at radius 2 is 1.79 bits per heavy atom. The average Bonchev–Trinajstić information content (AvgIpc) is 2.39. The predicted molar refractivity (Wildman–Crippen MR) is 76.5 cm³/mol. The van der Waals surface area contributed by atoms with Crippen LogP contribution in [0.15, 0.2) is 24.3 Å². The molecule has 104 valence electrons. The monoisotopic (exact) mass is 279 g/mol. The first-order valence-electron chi connectivity index (χ1n) is 7.05. The van der Waals surface area contributed by atoms with E-state index in [2.05, 4.69) is 18.2 Å². The highest BCUT2D eigenvalue weighted by molar-refractivity contribution is 7.88. The normalized spacial score (nSPS) is 23.2. The summed E-state index contributed by atoms with van der Waals surface area (Å²) in [6.45, 7) is 1.21. The molecule has 0 saturated heterocycles. The lowest BCUT2D eigenvalue weighted by molar-refractivity contribution is 0.207. The van der Waals surface area contributed by atoms with Crippen molar-refractivity contribution in [1.82, 2.24) is 4.31 Å². The molecule has 1 aliphatic heterocycles. The Morgan fingerprint density at radius 1 is 1.11 bits per heavy atom. The maximum absolute atomic E-state index is 11.9. The zero-order valence-corrected chi connectivity index (χ0v) is 12.2. The van der Waals surface area contributed by atoms with Crippen LogP contribution in [-0.2, 0) is 22.0 Å². The van der Waals surface area contributed by atoms with Crippen molar-refractivity contribution in [3.05, 3.63) is 35.4 Å².